The van der Waals surface area contributed by atoms with E-state index < -0.39 is 0 Å². The minimum absolute atomic E-state index is 0. The van der Waals surface area contributed by atoms with Gasteiger partial charge < -0.3 is 21.3 Å². The first kappa shape index (κ1) is 23.7. The zero-order valence-electron chi connectivity index (χ0n) is 17.9. The lowest BCUT2D eigenvalue weighted by Gasteiger charge is -2.22. The molecule has 30 heavy (non-hydrogen) atoms. The van der Waals surface area contributed by atoms with E-state index in [9.17, 15) is 9.59 Å². The predicted molar refractivity (Wildman–Crippen MR) is 123 cm³/mol. The number of carbonyl (C=O) groups excluding carboxylic acids is 2. The van der Waals surface area contributed by atoms with Gasteiger partial charge >= 0.3 is 6.03 Å². The molecule has 0 unspecified atom stereocenters. The van der Waals surface area contributed by atoms with Gasteiger partial charge in [-0.2, -0.15) is 0 Å². The maximum Gasteiger partial charge on any atom is 0.319 e. The summed E-state index contributed by atoms with van der Waals surface area (Å²) in [6, 6.07) is 15.1. The summed E-state index contributed by atoms with van der Waals surface area (Å²) in [6.07, 6.45) is 0. The zero-order chi connectivity index (χ0) is 21.2. The third kappa shape index (κ3) is 5.74. The number of nitrogens with one attached hydrogen (secondary N) is 2. The lowest BCUT2D eigenvalue weighted by Crippen LogP contribution is -2.43. The molecule has 0 spiro atoms. The number of hydrogen-bond donors (Lipinski definition) is 3. The number of likely N-dealkylation sites (tertiary alicyclic amines) is 1. The minimum atomic E-state index is -0.344. The number of amides is 3. The van der Waals surface area contributed by atoms with E-state index in [1.54, 1.807) is 17.0 Å². The first-order valence-electron chi connectivity index (χ1n) is 9.93. The van der Waals surface area contributed by atoms with E-state index in [0.717, 1.165) is 11.1 Å². The molecule has 6 nitrogen and oxygen atoms in total. The van der Waals surface area contributed by atoms with Crippen molar-refractivity contribution in [3.05, 3.63) is 65.2 Å². The Bertz CT molecular complexity index is 896. The molecular formula is C23H31ClN4O2. The van der Waals surface area contributed by atoms with Gasteiger partial charge in [0.2, 0.25) is 0 Å². The number of anilines is 1. The van der Waals surface area contributed by atoms with Crippen molar-refractivity contribution in [3.63, 3.8) is 0 Å². The quantitative estimate of drug-likeness (QED) is 0.689. The first-order valence-corrected chi connectivity index (χ1v) is 9.93. The summed E-state index contributed by atoms with van der Waals surface area (Å²) in [6.45, 7) is 8.75. The molecule has 1 aliphatic heterocycles. The SMILES string of the molecule is Cc1ccc(C(=O)N2C[C@@H](N)[C@H](c3ccccc3)C2)cc1NC(=O)NC(C)(C)C.Cl. The van der Waals surface area contributed by atoms with Gasteiger partial charge in [-0.25, -0.2) is 4.79 Å². The fourth-order valence-electron chi connectivity index (χ4n) is 3.61. The van der Waals surface area contributed by atoms with E-state index in [2.05, 4.69) is 22.8 Å². The van der Waals surface area contributed by atoms with E-state index in [1.807, 2.05) is 52.0 Å². The molecule has 2 atom stereocenters. The first-order chi connectivity index (χ1) is 13.6. The van der Waals surface area contributed by atoms with Gasteiger partial charge in [-0.1, -0.05) is 36.4 Å². The number of benzene rings is 2. The molecule has 2 aromatic rings. The summed E-state index contributed by atoms with van der Waals surface area (Å²) in [7, 11) is 0. The van der Waals surface area contributed by atoms with Crippen LogP contribution in [0.15, 0.2) is 48.5 Å². The fourth-order valence-corrected chi connectivity index (χ4v) is 3.61. The minimum Gasteiger partial charge on any atom is -0.336 e. The van der Waals surface area contributed by atoms with Crippen molar-refractivity contribution in [2.24, 2.45) is 5.73 Å². The molecular weight excluding hydrogens is 400 g/mol. The van der Waals surface area contributed by atoms with Crippen molar-refractivity contribution in [3.8, 4) is 0 Å². The van der Waals surface area contributed by atoms with Gasteiger partial charge in [0, 0.05) is 41.8 Å². The number of carbonyl (C=O) groups is 2. The number of urea groups is 1. The fraction of sp³-hybridized carbons (Fsp3) is 0.391. The normalized spacial score (nSPS) is 18.5. The van der Waals surface area contributed by atoms with Crippen LogP contribution in [-0.4, -0.2) is 41.5 Å². The highest BCUT2D eigenvalue weighted by Gasteiger charge is 2.34. The third-order valence-corrected chi connectivity index (χ3v) is 5.10. The van der Waals surface area contributed by atoms with Crippen LogP contribution in [0.2, 0.25) is 0 Å². The summed E-state index contributed by atoms with van der Waals surface area (Å²) < 4.78 is 0. The molecule has 162 valence electrons. The second-order valence-electron chi connectivity index (χ2n) is 8.75. The van der Waals surface area contributed by atoms with Crippen molar-refractivity contribution in [1.82, 2.24) is 10.2 Å². The Morgan fingerprint density at radius 2 is 1.73 bits per heavy atom. The number of nitrogens with zero attached hydrogens (tertiary/aromatic N) is 1. The van der Waals surface area contributed by atoms with Gasteiger partial charge in [0.15, 0.2) is 0 Å². The molecule has 0 radical (unpaired) electrons. The Labute approximate surface area is 184 Å². The molecule has 0 aromatic heterocycles. The van der Waals surface area contributed by atoms with Crippen LogP contribution in [0.3, 0.4) is 0 Å². The molecule has 1 heterocycles. The average molecular weight is 431 g/mol. The topological polar surface area (TPSA) is 87.5 Å². The van der Waals surface area contributed by atoms with Gasteiger partial charge in [-0.3, -0.25) is 4.79 Å². The summed E-state index contributed by atoms with van der Waals surface area (Å²) >= 11 is 0. The molecule has 4 N–H and O–H groups in total. The smallest absolute Gasteiger partial charge is 0.319 e. The molecule has 0 saturated carbocycles. The molecule has 7 heteroatoms. The number of rotatable bonds is 3. The monoisotopic (exact) mass is 430 g/mol. The van der Waals surface area contributed by atoms with E-state index >= 15 is 0 Å². The lowest BCUT2D eigenvalue weighted by atomic mass is 9.95. The van der Waals surface area contributed by atoms with Crippen molar-refractivity contribution in [2.45, 2.75) is 45.2 Å². The Morgan fingerprint density at radius 3 is 2.37 bits per heavy atom. The molecule has 3 rings (SSSR count). The summed E-state index contributed by atoms with van der Waals surface area (Å²) in [5.41, 5.74) is 9.21. The predicted octanol–water partition coefficient (Wildman–Crippen LogP) is 3.90. The van der Waals surface area contributed by atoms with Crippen molar-refractivity contribution in [2.75, 3.05) is 18.4 Å². The molecule has 1 aliphatic rings. The average Bonchev–Trinajstić information content (AvgIpc) is 3.04. The Morgan fingerprint density at radius 1 is 1.07 bits per heavy atom. The van der Waals surface area contributed by atoms with Crippen LogP contribution in [0.25, 0.3) is 0 Å². The maximum atomic E-state index is 13.1. The van der Waals surface area contributed by atoms with Gasteiger partial charge in [0.1, 0.15) is 0 Å². The summed E-state index contributed by atoms with van der Waals surface area (Å²) in [5, 5.41) is 5.72. The molecule has 0 aliphatic carbocycles. The second-order valence-corrected chi connectivity index (χ2v) is 8.75. The van der Waals surface area contributed by atoms with Crippen molar-refractivity contribution >= 4 is 30.0 Å². The standard InChI is InChI=1S/C23H30N4O2.ClH/c1-15-10-11-17(12-20(15)25-22(29)26-23(2,3)4)21(28)27-13-18(19(24)14-27)16-8-6-5-7-9-16;/h5-12,18-19H,13-14,24H2,1-4H3,(H2,25,26,29);1H/t18-,19+;/m0./s1. The van der Waals surface area contributed by atoms with Crippen LogP contribution in [0.5, 0.6) is 0 Å². The van der Waals surface area contributed by atoms with Crippen LogP contribution in [0, 0.1) is 6.92 Å². The molecule has 3 amide bonds. The van der Waals surface area contributed by atoms with Gasteiger partial charge in [0.05, 0.1) is 0 Å². The van der Waals surface area contributed by atoms with E-state index in [0.29, 0.717) is 24.3 Å². The van der Waals surface area contributed by atoms with Crippen LogP contribution >= 0.6 is 12.4 Å². The van der Waals surface area contributed by atoms with Gasteiger partial charge in [0.25, 0.3) is 5.91 Å². The molecule has 2 aromatic carbocycles. The number of hydrogen-bond acceptors (Lipinski definition) is 3. The van der Waals surface area contributed by atoms with Crippen LogP contribution in [0.1, 0.15) is 48.2 Å². The van der Waals surface area contributed by atoms with Crippen LogP contribution < -0.4 is 16.4 Å². The highest BCUT2D eigenvalue weighted by Crippen LogP contribution is 2.28. The van der Waals surface area contributed by atoms with Crippen molar-refractivity contribution in [1.29, 1.82) is 0 Å². The third-order valence-electron chi connectivity index (χ3n) is 5.10. The zero-order valence-corrected chi connectivity index (χ0v) is 18.8. The van der Waals surface area contributed by atoms with Crippen LogP contribution in [0.4, 0.5) is 10.5 Å². The largest absolute Gasteiger partial charge is 0.336 e. The van der Waals surface area contributed by atoms with Gasteiger partial charge in [-0.05, 0) is 51.0 Å². The maximum absolute atomic E-state index is 13.1. The molecule has 1 saturated heterocycles. The Hall–Kier alpha value is -2.57. The van der Waals surface area contributed by atoms with Crippen LogP contribution in [-0.2, 0) is 0 Å². The lowest BCUT2D eigenvalue weighted by molar-refractivity contribution is 0.0789. The number of halogens is 1. The second kappa shape index (κ2) is 9.49. The highest BCUT2D eigenvalue weighted by atomic mass is 35.5. The van der Waals surface area contributed by atoms with E-state index in [1.165, 1.54) is 0 Å². The molecule has 0 bridgehead atoms. The highest BCUT2D eigenvalue weighted by molar-refractivity contribution is 5.97. The summed E-state index contributed by atoms with van der Waals surface area (Å²) in [4.78, 5) is 27.1. The number of nitrogens with two attached hydrogens (primary N) is 1. The molecule has 1 fully saturated rings. The summed E-state index contributed by atoms with van der Waals surface area (Å²) in [5.74, 6) is 0.0546. The van der Waals surface area contributed by atoms with Gasteiger partial charge in [-0.15, -0.1) is 12.4 Å². The Balaban J connectivity index is 0.00000320. The van der Waals surface area contributed by atoms with E-state index in [4.69, 9.17) is 5.73 Å². The van der Waals surface area contributed by atoms with E-state index in [-0.39, 0.29) is 41.8 Å². The van der Waals surface area contributed by atoms with Crippen molar-refractivity contribution < 1.29 is 9.59 Å². The number of aryl methyl sites for hydroxylation is 1. The Kier molecular flexibility index (Phi) is 7.50.